The molecule has 0 aliphatic heterocycles. The Balaban J connectivity index is 2.57. The minimum Gasteiger partial charge on any atom is -0.399 e. The minimum atomic E-state index is 0.858. The van der Waals surface area contributed by atoms with Crippen LogP contribution >= 0.6 is 11.3 Å². The number of hydrogen-bond acceptors (Lipinski definition) is 4. The first-order valence-corrected chi connectivity index (χ1v) is 3.27. The molecule has 0 radical (unpaired) electrons. The minimum absolute atomic E-state index is 0.858. The van der Waals surface area contributed by atoms with Gasteiger partial charge in [0.2, 0.25) is 0 Å². The van der Waals surface area contributed by atoms with E-state index in [2.05, 4.69) is 15.0 Å². The summed E-state index contributed by atoms with van der Waals surface area (Å²) < 4.78 is 0. The molecule has 0 atom stereocenters. The van der Waals surface area contributed by atoms with E-state index in [9.17, 15) is 0 Å². The van der Waals surface area contributed by atoms with E-state index < -0.39 is 0 Å². The average molecular weight is 142 g/mol. The molecular formula is C5H6N2OS. The monoisotopic (exact) mass is 142 g/mol. The highest BCUT2D eigenvalue weighted by Gasteiger charge is 1.85. The maximum Gasteiger partial charge on any atom is 0.137 e. The van der Waals surface area contributed by atoms with Gasteiger partial charge in [0.15, 0.2) is 0 Å². The van der Waals surface area contributed by atoms with Gasteiger partial charge in [-0.25, -0.2) is 4.98 Å². The molecule has 0 fully saturated rings. The van der Waals surface area contributed by atoms with Crippen molar-refractivity contribution in [3.05, 3.63) is 16.6 Å². The molecule has 0 amide bonds. The van der Waals surface area contributed by atoms with Crippen LogP contribution in [0.25, 0.3) is 0 Å². The van der Waals surface area contributed by atoms with Gasteiger partial charge in [0, 0.05) is 11.6 Å². The van der Waals surface area contributed by atoms with E-state index in [4.69, 9.17) is 0 Å². The van der Waals surface area contributed by atoms with E-state index >= 15 is 0 Å². The molecule has 0 aliphatic carbocycles. The van der Waals surface area contributed by atoms with E-state index in [-0.39, 0.29) is 0 Å². The summed E-state index contributed by atoms with van der Waals surface area (Å²) in [6.45, 7) is 0. The zero-order valence-electron chi connectivity index (χ0n) is 4.94. The van der Waals surface area contributed by atoms with Gasteiger partial charge in [-0.3, -0.25) is 0 Å². The van der Waals surface area contributed by atoms with Crippen LogP contribution in [0.3, 0.4) is 0 Å². The molecular weight excluding hydrogens is 136 g/mol. The fourth-order valence-electron chi connectivity index (χ4n) is 0.396. The Morgan fingerprint density at radius 2 is 2.78 bits per heavy atom. The molecule has 48 valence electrons. The third-order valence-corrected chi connectivity index (χ3v) is 1.43. The van der Waals surface area contributed by atoms with Crippen LogP contribution in [0.5, 0.6) is 0 Å². The molecule has 0 bridgehead atoms. The highest BCUT2D eigenvalue weighted by Crippen LogP contribution is 1.98. The van der Waals surface area contributed by atoms with Crippen molar-refractivity contribution in [3.63, 3.8) is 0 Å². The normalized spacial score (nSPS) is 10.3. The van der Waals surface area contributed by atoms with Gasteiger partial charge in [-0.1, -0.05) is 5.16 Å². The molecule has 0 aliphatic rings. The summed E-state index contributed by atoms with van der Waals surface area (Å²) in [6, 6.07) is 0. The van der Waals surface area contributed by atoms with Crippen LogP contribution in [0.2, 0.25) is 0 Å². The Labute approximate surface area is 57.0 Å². The summed E-state index contributed by atoms with van der Waals surface area (Å²) in [5.41, 5.74) is 0. The standard InChI is InChI=1S/C5H6N2OS/c1-8-7-4-5-6-2-3-9-5/h2-4H,1H3. The number of hydrogen-bond donors (Lipinski definition) is 0. The maximum absolute atomic E-state index is 4.45. The highest BCUT2D eigenvalue weighted by molar-refractivity contribution is 7.11. The number of nitrogens with zero attached hydrogens (tertiary/aromatic N) is 2. The van der Waals surface area contributed by atoms with Crippen molar-refractivity contribution in [1.29, 1.82) is 0 Å². The SMILES string of the molecule is CON=Cc1nccs1. The first kappa shape index (κ1) is 6.22. The lowest BCUT2D eigenvalue weighted by Crippen LogP contribution is -1.76. The van der Waals surface area contributed by atoms with E-state index in [1.165, 1.54) is 18.4 Å². The summed E-state index contributed by atoms with van der Waals surface area (Å²) in [7, 11) is 1.50. The molecule has 0 saturated carbocycles. The smallest absolute Gasteiger partial charge is 0.137 e. The zero-order chi connectivity index (χ0) is 6.53. The summed E-state index contributed by atoms with van der Waals surface area (Å²) >= 11 is 1.52. The predicted octanol–water partition coefficient (Wildman–Crippen LogP) is 1.12. The molecule has 1 heterocycles. The van der Waals surface area contributed by atoms with Crippen LogP contribution in [0.15, 0.2) is 16.7 Å². The largest absolute Gasteiger partial charge is 0.399 e. The second kappa shape index (κ2) is 3.19. The molecule has 0 spiro atoms. The molecule has 1 aromatic rings. The Hall–Kier alpha value is -0.900. The average Bonchev–Trinajstić information content (AvgIpc) is 2.34. The highest BCUT2D eigenvalue weighted by atomic mass is 32.1. The van der Waals surface area contributed by atoms with Crippen LogP contribution in [0.1, 0.15) is 5.01 Å². The van der Waals surface area contributed by atoms with E-state index in [1.807, 2.05) is 5.38 Å². The van der Waals surface area contributed by atoms with Gasteiger partial charge in [-0.2, -0.15) is 0 Å². The van der Waals surface area contributed by atoms with Gasteiger partial charge in [-0.15, -0.1) is 11.3 Å². The van der Waals surface area contributed by atoms with Crippen LogP contribution in [0, 0.1) is 0 Å². The van der Waals surface area contributed by atoms with E-state index in [0.717, 1.165) is 5.01 Å². The third kappa shape index (κ3) is 1.81. The first-order chi connectivity index (χ1) is 4.43. The Morgan fingerprint density at radius 3 is 3.33 bits per heavy atom. The van der Waals surface area contributed by atoms with Gasteiger partial charge in [-0.05, 0) is 0 Å². The van der Waals surface area contributed by atoms with Crippen molar-refractivity contribution in [2.75, 3.05) is 7.11 Å². The molecule has 1 aromatic heterocycles. The fourth-order valence-corrected chi connectivity index (χ4v) is 0.883. The lowest BCUT2D eigenvalue weighted by molar-refractivity contribution is 0.215. The summed E-state index contributed by atoms with van der Waals surface area (Å²) in [6.07, 6.45) is 3.30. The molecule has 4 heteroatoms. The summed E-state index contributed by atoms with van der Waals surface area (Å²) in [4.78, 5) is 8.39. The van der Waals surface area contributed by atoms with Gasteiger partial charge in [0.05, 0.1) is 0 Å². The van der Waals surface area contributed by atoms with Crippen molar-refractivity contribution in [2.24, 2.45) is 5.16 Å². The third-order valence-electron chi connectivity index (χ3n) is 0.720. The second-order valence-electron chi connectivity index (χ2n) is 1.29. The van der Waals surface area contributed by atoms with Crippen LogP contribution in [-0.2, 0) is 4.84 Å². The maximum atomic E-state index is 4.45. The quantitative estimate of drug-likeness (QED) is 0.458. The predicted molar refractivity (Wildman–Crippen MR) is 36.7 cm³/mol. The number of oxime groups is 1. The van der Waals surface area contributed by atoms with Crippen molar-refractivity contribution in [3.8, 4) is 0 Å². The molecule has 3 nitrogen and oxygen atoms in total. The molecule has 0 unspecified atom stereocenters. The lowest BCUT2D eigenvalue weighted by Gasteiger charge is -1.80. The topological polar surface area (TPSA) is 34.5 Å². The first-order valence-electron chi connectivity index (χ1n) is 2.39. The Bertz CT molecular complexity index is 183. The summed E-state index contributed by atoms with van der Waals surface area (Å²) in [5, 5.41) is 6.28. The van der Waals surface area contributed by atoms with Crippen molar-refractivity contribution >= 4 is 17.6 Å². The van der Waals surface area contributed by atoms with Crippen LogP contribution in [-0.4, -0.2) is 18.3 Å². The van der Waals surface area contributed by atoms with Crippen LogP contribution < -0.4 is 0 Å². The summed E-state index contributed by atoms with van der Waals surface area (Å²) in [5.74, 6) is 0. The van der Waals surface area contributed by atoms with Gasteiger partial charge >= 0.3 is 0 Å². The fraction of sp³-hybridized carbons (Fsp3) is 0.200. The second-order valence-corrected chi connectivity index (χ2v) is 2.21. The van der Waals surface area contributed by atoms with Crippen molar-refractivity contribution < 1.29 is 4.84 Å². The number of rotatable bonds is 2. The Kier molecular flexibility index (Phi) is 2.21. The van der Waals surface area contributed by atoms with Gasteiger partial charge in [0.25, 0.3) is 0 Å². The molecule has 0 aromatic carbocycles. The zero-order valence-corrected chi connectivity index (χ0v) is 5.76. The van der Waals surface area contributed by atoms with Gasteiger partial charge in [0.1, 0.15) is 18.3 Å². The van der Waals surface area contributed by atoms with Gasteiger partial charge < -0.3 is 4.84 Å². The van der Waals surface area contributed by atoms with E-state index in [0.29, 0.717) is 0 Å². The molecule has 1 rings (SSSR count). The molecule has 0 saturated heterocycles. The number of aromatic nitrogens is 1. The Morgan fingerprint density at radius 1 is 1.89 bits per heavy atom. The number of thiazole rings is 1. The van der Waals surface area contributed by atoms with Crippen molar-refractivity contribution in [2.45, 2.75) is 0 Å². The lowest BCUT2D eigenvalue weighted by atomic mass is 10.8. The van der Waals surface area contributed by atoms with Crippen LogP contribution in [0.4, 0.5) is 0 Å². The van der Waals surface area contributed by atoms with Crippen molar-refractivity contribution in [1.82, 2.24) is 4.98 Å². The molecule has 9 heavy (non-hydrogen) atoms. The van der Waals surface area contributed by atoms with E-state index in [1.54, 1.807) is 12.4 Å². The molecule has 0 N–H and O–H groups in total.